The van der Waals surface area contributed by atoms with Gasteiger partial charge in [-0.05, 0) is 77.2 Å². The quantitative estimate of drug-likeness (QED) is 0.0489. The summed E-state index contributed by atoms with van der Waals surface area (Å²) >= 11 is 0. The van der Waals surface area contributed by atoms with E-state index in [9.17, 15) is 33.9 Å². The molecule has 0 bridgehead atoms. The second-order valence-corrected chi connectivity index (χ2v) is 13.2. The van der Waals surface area contributed by atoms with E-state index in [4.69, 9.17) is 17.2 Å². The third-order valence-electron chi connectivity index (χ3n) is 8.16. The molecule has 0 spiro atoms. The van der Waals surface area contributed by atoms with Crippen LogP contribution in [0.3, 0.4) is 0 Å². The Morgan fingerprint density at radius 2 is 1.08 bits per heavy atom. The minimum Gasteiger partial charge on any atom is -0.391 e. The zero-order valence-corrected chi connectivity index (χ0v) is 31.2. The molecule has 7 atom stereocenters. The molecule has 0 aliphatic carbocycles. The Hall–Kier alpha value is -4.16. The average Bonchev–Trinajstić information content (AvgIpc) is 3.10. The van der Waals surface area contributed by atoms with Crippen LogP contribution in [0, 0.1) is 5.92 Å². The minimum absolute atomic E-state index is 0.00186. The molecule has 17 heteroatoms. The number of carbonyl (C=O) groups is 6. The van der Waals surface area contributed by atoms with Crippen molar-refractivity contribution in [1.29, 1.82) is 0 Å². The highest BCUT2D eigenvalue weighted by molar-refractivity contribution is 5.96. The Balaban J connectivity index is 3.22. The summed E-state index contributed by atoms with van der Waals surface area (Å²) in [4.78, 5) is 79.9. The maximum Gasteiger partial charge on any atom is 0.245 e. The highest BCUT2D eigenvalue weighted by Crippen LogP contribution is 2.10. The third kappa shape index (κ3) is 16.5. The molecule has 0 unspecified atom stereocenters. The smallest absolute Gasteiger partial charge is 0.245 e. The van der Waals surface area contributed by atoms with Gasteiger partial charge in [0.2, 0.25) is 35.4 Å². The van der Waals surface area contributed by atoms with E-state index in [1.807, 2.05) is 51.1 Å². The molecule has 0 aliphatic rings. The molecule has 17 nitrogen and oxygen atoms in total. The molecule has 0 saturated carbocycles. The van der Waals surface area contributed by atoms with E-state index in [0.29, 0.717) is 19.4 Å². The zero-order valence-electron chi connectivity index (χ0n) is 31.2. The van der Waals surface area contributed by atoms with Crippen molar-refractivity contribution >= 4 is 35.4 Å². The summed E-state index contributed by atoms with van der Waals surface area (Å²) in [6.45, 7) is 7.52. The molecule has 0 aliphatic heterocycles. The average molecular weight is 735 g/mol. The lowest BCUT2D eigenvalue weighted by Crippen LogP contribution is -2.61. The number of hydrogen-bond donors (Lipinski definition) is 11. The van der Waals surface area contributed by atoms with Crippen LogP contribution in [0.5, 0.6) is 0 Å². The van der Waals surface area contributed by atoms with Crippen molar-refractivity contribution in [3.05, 3.63) is 35.9 Å². The molecule has 0 radical (unpaired) electrons. The highest BCUT2D eigenvalue weighted by Gasteiger charge is 2.33. The van der Waals surface area contributed by atoms with Crippen LogP contribution in [0.1, 0.15) is 65.4 Å². The molecule has 0 heterocycles. The van der Waals surface area contributed by atoms with Gasteiger partial charge in [-0.3, -0.25) is 28.8 Å². The number of hydrogen-bond acceptors (Lipinski definition) is 11. The summed E-state index contributed by atoms with van der Waals surface area (Å²) in [5, 5.41) is 29.0. The zero-order chi connectivity index (χ0) is 39.2. The van der Waals surface area contributed by atoms with Gasteiger partial charge in [-0.15, -0.1) is 0 Å². The molecule has 294 valence electrons. The van der Waals surface area contributed by atoms with Gasteiger partial charge in [0, 0.05) is 13.0 Å². The van der Waals surface area contributed by atoms with Crippen LogP contribution in [0.15, 0.2) is 30.3 Å². The van der Waals surface area contributed by atoms with Crippen LogP contribution in [-0.2, 0) is 35.2 Å². The van der Waals surface area contributed by atoms with E-state index in [1.54, 1.807) is 7.05 Å². The third-order valence-corrected chi connectivity index (χ3v) is 8.16. The monoisotopic (exact) mass is 734 g/mol. The van der Waals surface area contributed by atoms with Gasteiger partial charge in [-0.2, -0.15) is 0 Å². The van der Waals surface area contributed by atoms with Crippen molar-refractivity contribution in [2.24, 2.45) is 23.1 Å². The maximum atomic E-state index is 13.8. The first-order valence-corrected chi connectivity index (χ1v) is 18.0. The number of aliphatic hydroxyl groups is 1. The van der Waals surface area contributed by atoms with Crippen molar-refractivity contribution in [1.82, 2.24) is 37.2 Å². The predicted octanol–water partition coefficient (Wildman–Crippen LogP) is -2.76. The van der Waals surface area contributed by atoms with Crippen molar-refractivity contribution in [3.63, 3.8) is 0 Å². The number of nitrogens with one attached hydrogen (secondary N) is 7. The number of benzene rings is 1. The fourth-order valence-electron chi connectivity index (χ4n) is 5.31. The van der Waals surface area contributed by atoms with Gasteiger partial charge in [0.05, 0.1) is 12.1 Å². The topological polar surface area (TPSA) is 285 Å². The molecule has 14 N–H and O–H groups in total. The molecule has 0 fully saturated rings. The molecular weight excluding hydrogens is 672 g/mol. The van der Waals surface area contributed by atoms with Crippen LogP contribution in [0.4, 0.5) is 0 Å². The molecule has 52 heavy (non-hydrogen) atoms. The van der Waals surface area contributed by atoms with Crippen molar-refractivity contribution in [2.75, 3.05) is 33.2 Å². The number of nitrogens with two attached hydrogens (primary N) is 3. The fraction of sp³-hybridized carbons (Fsp3) is 0.657. The van der Waals surface area contributed by atoms with Crippen molar-refractivity contribution < 1.29 is 33.9 Å². The van der Waals surface area contributed by atoms with Crippen LogP contribution in [0.2, 0.25) is 0 Å². The van der Waals surface area contributed by atoms with Gasteiger partial charge in [0.25, 0.3) is 0 Å². The van der Waals surface area contributed by atoms with Gasteiger partial charge < -0.3 is 59.5 Å². The van der Waals surface area contributed by atoms with E-state index < -0.39 is 77.8 Å². The van der Waals surface area contributed by atoms with Gasteiger partial charge in [0.1, 0.15) is 30.2 Å². The Morgan fingerprint density at radius 3 is 1.56 bits per heavy atom. The van der Waals surface area contributed by atoms with Crippen LogP contribution >= 0.6 is 0 Å². The molecule has 1 aromatic rings. The minimum atomic E-state index is -1.28. The molecule has 0 saturated heterocycles. The SMILES string of the molecule is CCCNC(=O)[C@@H](NC(=O)[C@H](CCN)NC(=O)[C@H](CCN)NC(=O)[C@H](CC(C)C)NC(=O)[C@@H](Cc1ccccc1)NC(=O)[C@H](CCN)NC)[C@@H](C)O. The largest absolute Gasteiger partial charge is 0.391 e. The van der Waals surface area contributed by atoms with Gasteiger partial charge in [-0.25, -0.2) is 0 Å². The Bertz CT molecular complexity index is 1270. The van der Waals surface area contributed by atoms with Gasteiger partial charge in [0.15, 0.2) is 0 Å². The van der Waals surface area contributed by atoms with E-state index in [-0.39, 0.29) is 51.2 Å². The van der Waals surface area contributed by atoms with Crippen LogP contribution < -0.4 is 54.4 Å². The van der Waals surface area contributed by atoms with Gasteiger partial charge in [-0.1, -0.05) is 51.1 Å². The molecule has 1 aromatic carbocycles. The summed E-state index contributed by atoms with van der Waals surface area (Å²) in [5.41, 5.74) is 18.0. The Morgan fingerprint density at radius 1 is 0.635 bits per heavy atom. The Kier molecular flexibility index (Phi) is 22.0. The van der Waals surface area contributed by atoms with E-state index >= 15 is 0 Å². The maximum absolute atomic E-state index is 13.8. The summed E-state index contributed by atoms with van der Waals surface area (Å²) in [5.74, 6) is -3.83. The first-order chi connectivity index (χ1) is 24.7. The number of rotatable bonds is 25. The number of carbonyl (C=O) groups excluding carboxylic acids is 6. The molecular formula is C35H62N10O7. The Labute approximate surface area is 307 Å². The molecule has 1 rings (SSSR count). The van der Waals surface area contributed by atoms with E-state index in [2.05, 4.69) is 37.2 Å². The lowest BCUT2D eigenvalue weighted by Gasteiger charge is -2.28. The standard InChI is InChI=1S/C35H62N10O7/c1-6-18-40-35(52)29(22(4)46)45-32(49)26(14-17-38)41-31(48)25(13-16-37)42-33(50)27(19-21(2)3)43-34(51)28(20-23-10-8-7-9-11-23)44-30(47)24(39-5)12-15-36/h7-11,21-22,24-29,39,46H,6,12-20,36-38H2,1-5H3,(H,40,52)(H,41,48)(H,42,50)(H,43,51)(H,44,47)(H,45,49)/t22-,24+,25+,26+,27+,28-,29+/m1/s1. The first-order valence-electron chi connectivity index (χ1n) is 18.0. The normalized spacial score (nSPS) is 15.2. The second kappa shape index (κ2) is 24.9. The van der Waals surface area contributed by atoms with Crippen LogP contribution in [0.25, 0.3) is 0 Å². The first kappa shape index (κ1) is 45.9. The number of amides is 6. The highest BCUT2D eigenvalue weighted by atomic mass is 16.3. The summed E-state index contributed by atoms with van der Waals surface area (Å²) < 4.78 is 0. The summed E-state index contributed by atoms with van der Waals surface area (Å²) in [7, 11) is 1.62. The van der Waals surface area contributed by atoms with Crippen molar-refractivity contribution in [3.8, 4) is 0 Å². The fourth-order valence-corrected chi connectivity index (χ4v) is 5.31. The van der Waals surface area contributed by atoms with E-state index in [1.165, 1.54) is 6.92 Å². The molecule has 6 amide bonds. The van der Waals surface area contributed by atoms with Crippen LogP contribution in [-0.4, -0.2) is 116 Å². The number of likely N-dealkylation sites (N-methyl/N-ethyl adjacent to an activating group) is 1. The van der Waals surface area contributed by atoms with E-state index in [0.717, 1.165) is 5.56 Å². The number of aliphatic hydroxyl groups excluding tert-OH is 1. The summed E-state index contributed by atoms with van der Waals surface area (Å²) in [6, 6.07) is 2.62. The summed E-state index contributed by atoms with van der Waals surface area (Å²) in [6.07, 6.45) is 0.0806. The lowest BCUT2D eigenvalue weighted by atomic mass is 10.00. The molecule has 0 aromatic heterocycles. The lowest BCUT2D eigenvalue weighted by molar-refractivity contribution is -0.136. The van der Waals surface area contributed by atoms with Gasteiger partial charge >= 0.3 is 0 Å². The van der Waals surface area contributed by atoms with Crippen molar-refractivity contribution in [2.45, 2.75) is 109 Å². The predicted molar refractivity (Wildman–Crippen MR) is 198 cm³/mol. The second-order valence-electron chi connectivity index (χ2n) is 13.2.